The first-order valence-electron chi connectivity index (χ1n) is 13.7. The van der Waals surface area contributed by atoms with Gasteiger partial charge in [-0.3, -0.25) is 19.5 Å². The first-order valence-corrected chi connectivity index (χ1v) is 14.5. The van der Waals surface area contributed by atoms with Gasteiger partial charge in [0.05, 0.1) is 30.5 Å². The van der Waals surface area contributed by atoms with Crippen LogP contribution in [0, 0.1) is 6.92 Å². The number of carbonyl (C=O) groups excluding carboxylic acids is 3. The summed E-state index contributed by atoms with van der Waals surface area (Å²) in [6.07, 6.45) is 7.37. The number of hydrogen-bond donors (Lipinski definition) is 1. The van der Waals surface area contributed by atoms with Crippen LogP contribution in [0.25, 0.3) is 5.76 Å². The lowest BCUT2D eigenvalue weighted by molar-refractivity contribution is -0.132. The van der Waals surface area contributed by atoms with Crippen molar-refractivity contribution in [3.8, 4) is 11.5 Å². The smallest absolute Gasteiger partial charge is 0.350 e. The lowest BCUT2D eigenvalue weighted by atomic mass is 9.95. The van der Waals surface area contributed by atoms with E-state index in [2.05, 4.69) is 23.5 Å². The summed E-state index contributed by atoms with van der Waals surface area (Å²) in [6, 6.07) is 7.15. The van der Waals surface area contributed by atoms with Gasteiger partial charge in [-0.25, -0.2) is 9.78 Å². The topological polar surface area (TPSA) is 128 Å². The Morgan fingerprint density at radius 3 is 2.57 bits per heavy atom. The Labute approximate surface area is 248 Å². The van der Waals surface area contributed by atoms with Crippen LogP contribution in [0.4, 0.5) is 5.13 Å². The van der Waals surface area contributed by atoms with Gasteiger partial charge in [-0.2, -0.15) is 0 Å². The number of aromatic nitrogens is 2. The van der Waals surface area contributed by atoms with Crippen molar-refractivity contribution in [1.82, 2.24) is 9.97 Å². The molecule has 42 heavy (non-hydrogen) atoms. The molecule has 1 aromatic carbocycles. The minimum atomic E-state index is -1.07. The minimum Gasteiger partial charge on any atom is -0.507 e. The number of aliphatic hydroxyl groups excluding tert-OH is 1. The Hall–Kier alpha value is -4.51. The first kappa shape index (κ1) is 30.4. The quantitative estimate of drug-likeness (QED) is 0.0656. The predicted octanol–water partition coefficient (Wildman–Crippen LogP) is 5.78. The van der Waals surface area contributed by atoms with Gasteiger partial charge >= 0.3 is 11.9 Å². The normalized spacial score (nSPS) is 16.0. The molecule has 2 aromatic heterocycles. The van der Waals surface area contributed by atoms with E-state index in [0.29, 0.717) is 41.5 Å². The highest BCUT2D eigenvalue weighted by Gasteiger charge is 2.48. The molecule has 0 radical (unpaired) electrons. The Kier molecular flexibility index (Phi) is 10.1. The average molecular weight is 592 g/mol. The number of rotatable bonds is 13. The van der Waals surface area contributed by atoms with Gasteiger partial charge in [-0.15, -0.1) is 0 Å². The maximum Gasteiger partial charge on any atom is 0.350 e. The van der Waals surface area contributed by atoms with Crippen molar-refractivity contribution in [2.75, 3.05) is 24.7 Å². The number of ketones is 1. The number of amides is 1. The van der Waals surface area contributed by atoms with Crippen LogP contribution in [-0.2, 0) is 14.3 Å². The number of unbranched alkanes of at least 4 members (excludes halogenated alkanes) is 2. The SMILES string of the molecule is C=CCOC(=O)c1sc(N2C(=O)C(=O)C(=C(O)c3ccncc3)C2c2ccc(OCCCCC)c(OCC)c2)nc1C. The second-order valence-electron chi connectivity index (χ2n) is 9.40. The molecule has 1 aliphatic heterocycles. The molecule has 10 nitrogen and oxygen atoms in total. The number of aliphatic hydroxyl groups is 1. The highest BCUT2D eigenvalue weighted by molar-refractivity contribution is 7.17. The number of pyridine rings is 1. The first-order chi connectivity index (χ1) is 20.3. The zero-order valence-electron chi connectivity index (χ0n) is 23.8. The molecule has 1 N–H and O–H groups in total. The summed E-state index contributed by atoms with van der Waals surface area (Å²) in [5, 5.41) is 11.4. The maximum atomic E-state index is 13.6. The number of ether oxygens (including phenoxy) is 3. The molecule has 1 atom stereocenters. The van der Waals surface area contributed by atoms with Gasteiger partial charge in [-0.1, -0.05) is 49.8 Å². The predicted molar refractivity (Wildman–Crippen MR) is 159 cm³/mol. The molecule has 0 aliphatic carbocycles. The van der Waals surface area contributed by atoms with Crippen molar-refractivity contribution in [2.24, 2.45) is 0 Å². The maximum absolute atomic E-state index is 13.6. The lowest BCUT2D eigenvalue weighted by Crippen LogP contribution is -2.29. The van der Waals surface area contributed by atoms with E-state index in [1.165, 1.54) is 23.4 Å². The van der Waals surface area contributed by atoms with E-state index in [1.54, 1.807) is 37.3 Å². The second-order valence-corrected chi connectivity index (χ2v) is 10.4. The summed E-state index contributed by atoms with van der Waals surface area (Å²) in [6.45, 7) is 9.99. The number of esters is 1. The fraction of sp³-hybridized carbons (Fsp3) is 0.323. The number of hydrogen-bond acceptors (Lipinski definition) is 10. The summed E-state index contributed by atoms with van der Waals surface area (Å²) in [5.74, 6) is -1.81. The van der Waals surface area contributed by atoms with Crippen molar-refractivity contribution in [3.63, 3.8) is 0 Å². The van der Waals surface area contributed by atoms with Crippen molar-refractivity contribution in [3.05, 3.63) is 82.7 Å². The van der Waals surface area contributed by atoms with Crippen molar-refractivity contribution in [2.45, 2.75) is 46.1 Å². The van der Waals surface area contributed by atoms with Crippen LogP contribution in [0.5, 0.6) is 11.5 Å². The third-order valence-electron chi connectivity index (χ3n) is 6.50. The second kappa shape index (κ2) is 13.9. The molecule has 3 heterocycles. The number of Topliss-reactive ketones (excluding diaryl/α,β-unsaturated/α-hetero) is 1. The number of benzene rings is 1. The lowest BCUT2D eigenvalue weighted by Gasteiger charge is -2.24. The van der Waals surface area contributed by atoms with Crippen LogP contribution >= 0.6 is 11.3 Å². The van der Waals surface area contributed by atoms with Gasteiger partial charge < -0.3 is 19.3 Å². The Balaban J connectivity index is 1.85. The molecular formula is C31H33N3O7S. The van der Waals surface area contributed by atoms with Gasteiger partial charge in [0, 0.05) is 18.0 Å². The molecule has 3 aromatic rings. The summed E-state index contributed by atoms with van der Waals surface area (Å²) >= 11 is 0.925. The Bertz CT molecular complexity index is 1500. The van der Waals surface area contributed by atoms with Crippen LogP contribution in [0.1, 0.15) is 65.6 Å². The number of nitrogens with zero attached hydrogens (tertiary/aromatic N) is 3. The molecular weight excluding hydrogens is 558 g/mol. The molecule has 220 valence electrons. The summed E-state index contributed by atoms with van der Waals surface area (Å²) in [7, 11) is 0. The van der Waals surface area contributed by atoms with E-state index < -0.39 is 23.7 Å². The van der Waals surface area contributed by atoms with E-state index >= 15 is 0 Å². The average Bonchev–Trinajstić information content (AvgIpc) is 3.51. The standard InChI is InChI=1S/C31H33N3O7S/c1-5-8-9-17-40-22-11-10-21(18-23(22)39-7-3)25-24(26(35)20-12-14-32-15-13-20)27(36)29(37)34(25)31-33-19(4)28(42-31)30(38)41-16-6-2/h6,10-15,18,25,35H,2,5,7-9,16-17H2,1,3-4H3. The molecule has 1 amide bonds. The molecule has 4 rings (SSSR count). The fourth-order valence-electron chi connectivity index (χ4n) is 4.50. The van der Waals surface area contributed by atoms with Crippen LogP contribution in [-0.4, -0.2) is 52.6 Å². The summed E-state index contributed by atoms with van der Waals surface area (Å²) in [4.78, 5) is 49.6. The van der Waals surface area contributed by atoms with Gasteiger partial charge in [0.1, 0.15) is 17.2 Å². The molecule has 0 spiro atoms. The fourth-order valence-corrected chi connectivity index (χ4v) is 5.49. The number of carbonyl (C=O) groups is 3. The van der Waals surface area contributed by atoms with Crippen molar-refractivity contribution < 1.29 is 33.7 Å². The van der Waals surface area contributed by atoms with Crippen molar-refractivity contribution >= 4 is 39.9 Å². The monoisotopic (exact) mass is 591 g/mol. The molecule has 0 bridgehead atoms. The molecule has 1 fully saturated rings. The molecule has 1 saturated heterocycles. The van der Waals surface area contributed by atoms with Gasteiger partial charge in [0.2, 0.25) is 0 Å². The van der Waals surface area contributed by atoms with E-state index in [0.717, 1.165) is 30.6 Å². The van der Waals surface area contributed by atoms with E-state index in [4.69, 9.17) is 14.2 Å². The number of aryl methyl sites for hydroxylation is 1. The van der Waals surface area contributed by atoms with Gasteiger partial charge in [0.25, 0.3) is 5.78 Å². The molecule has 1 unspecified atom stereocenters. The molecule has 0 saturated carbocycles. The van der Waals surface area contributed by atoms with Crippen LogP contribution in [0.15, 0.2) is 61.0 Å². The van der Waals surface area contributed by atoms with Crippen molar-refractivity contribution in [1.29, 1.82) is 0 Å². The van der Waals surface area contributed by atoms with Gasteiger partial charge in [0.15, 0.2) is 16.6 Å². The largest absolute Gasteiger partial charge is 0.507 e. The number of thiazole rings is 1. The Morgan fingerprint density at radius 1 is 1.12 bits per heavy atom. The Morgan fingerprint density at radius 2 is 1.88 bits per heavy atom. The summed E-state index contributed by atoms with van der Waals surface area (Å²) < 4.78 is 17.0. The van der Waals surface area contributed by atoms with Crippen LogP contribution in [0.2, 0.25) is 0 Å². The van der Waals surface area contributed by atoms with Crippen LogP contribution in [0.3, 0.4) is 0 Å². The van der Waals surface area contributed by atoms with E-state index in [1.807, 2.05) is 6.92 Å². The third-order valence-corrected chi connectivity index (χ3v) is 7.63. The van der Waals surface area contributed by atoms with Gasteiger partial charge in [-0.05, 0) is 50.1 Å². The highest BCUT2D eigenvalue weighted by Crippen LogP contribution is 2.45. The molecule has 11 heteroatoms. The number of anilines is 1. The highest BCUT2D eigenvalue weighted by atomic mass is 32.1. The van der Waals surface area contributed by atoms with Crippen LogP contribution < -0.4 is 14.4 Å². The zero-order valence-corrected chi connectivity index (χ0v) is 24.6. The zero-order chi connectivity index (χ0) is 30.2. The van der Waals surface area contributed by atoms with E-state index in [9.17, 15) is 19.5 Å². The third kappa shape index (κ3) is 6.36. The van der Waals surface area contributed by atoms with E-state index in [-0.39, 0.29) is 27.9 Å². The molecule has 1 aliphatic rings. The summed E-state index contributed by atoms with van der Waals surface area (Å²) in [5.41, 5.74) is 1.01. The minimum absolute atomic E-state index is 0.00895.